The molecule has 0 bridgehead atoms. The fourth-order valence-corrected chi connectivity index (χ4v) is 1.67. The average molecular weight is 439 g/mol. The van der Waals surface area contributed by atoms with Gasteiger partial charge in [0.1, 0.15) is 12.6 Å². The molecule has 1 rings (SSSR count). The predicted octanol–water partition coefficient (Wildman–Crippen LogP) is 2.88. The Bertz CT molecular complexity index is 464. The Kier molecular flexibility index (Phi) is 11.2. The van der Waals surface area contributed by atoms with Gasteiger partial charge in [0.25, 0.3) is 0 Å². The van der Waals surface area contributed by atoms with Crippen molar-refractivity contribution < 1.29 is 9.26 Å². The lowest BCUT2D eigenvalue weighted by Gasteiger charge is -2.20. The van der Waals surface area contributed by atoms with Crippen LogP contribution in [-0.4, -0.2) is 35.3 Å². The maximum absolute atomic E-state index is 5.44. The molecule has 2 atom stereocenters. The first kappa shape index (κ1) is 22.1. The number of guanidine groups is 1. The number of hydrogen-bond donors (Lipinski definition) is 2. The summed E-state index contributed by atoms with van der Waals surface area (Å²) in [5, 5.41) is 10.5. The third-order valence-corrected chi connectivity index (χ3v) is 3.35. The Balaban J connectivity index is 0.00000484. The van der Waals surface area contributed by atoms with E-state index in [1.807, 2.05) is 20.8 Å². The molecule has 7 nitrogen and oxygen atoms in total. The molecule has 1 aromatic heterocycles. The smallest absolute Gasteiger partial charge is 0.248 e. The summed E-state index contributed by atoms with van der Waals surface area (Å²) in [6.45, 7) is 14.1. The molecule has 0 amide bonds. The largest absolute Gasteiger partial charge is 0.371 e. The van der Waals surface area contributed by atoms with Crippen molar-refractivity contribution in [2.75, 3.05) is 13.2 Å². The predicted molar refractivity (Wildman–Crippen MR) is 102 cm³/mol. The molecule has 0 fully saturated rings. The van der Waals surface area contributed by atoms with E-state index in [1.54, 1.807) is 0 Å². The second-order valence-electron chi connectivity index (χ2n) is 5.52. The van der Waals surface area contributed by atoms with Crippen LogP contribution in [0, 0.1) is 5.92 Å². The minimum Gasteiger partial charge on any atom is -0.371 e. The lowest BCUT2D eigenvalue weighted by atomic mass is 10.1. The number of hydrogen-bond acceptors (Lipinski definition) is 5. The van der Waals surface area contributed by atoms with Crippen molar-refractivity contribution in [2.45, 2.75) is 60.2 Å². The second-order valence-corrected chi connectivity index (χ2v) is 5.52. The van der Waals surface area contributed by atoms with Gasteiger partial charge in [0.05, 0.1) is 0 Å². The summed E-state index contributed by atoms with van der Waals surface area (Å²) in [6.07, 6.45) is -0.168. The summed E-state index contributed by atoms with van der Waals surface area (Å²) in [5.74, 6) is 2.31. The minimum absolute atomic E-state index is 0. The van der Waals surface area contributed by atoms with E-state index >= 15 is 0 Å². The molecule has 0 aliphatic carbocycles. The van der Waals surface area contributed by atoms with Crippen LogP contribution in [-0.2, 0) is 11.3 Å². The van der Waals surface area contributed by atoms with E-state index in [2.05, 4.69) is 46.5 Å². The number of nitrogens with zero attached hydrogens (tertiary/aromatic N) is 3. The molecule has 1 heterocycles. The van der Waals surface area contributed by atoms with Gasteiger partial charge in [-0.25, -0.2) is 4.99 Å². The molecule has 134 valence electrons. The standard InChI is InChI=1S/C15H29N5O2.HI/c1-7-16-15(18-11(5)10(3)4)17-9-13-19-14(20-22-13)12(6)21-8-2;/h10-12H,7-9H2,1-6H3,(H2,16,17,18);1H. The van der Waals surface area contributed by atoms with Gasteiger partial charge in [0, 0.05) is 19.2 Å². The Morgan fingerprint density at radius 1 is 1.26 bits per heavy atom. The van der Waals surface area contributed by atoms with Crippen molar-refractivity contribution in [1.82, 2.24) is 20.8 Å². The lowest BCUT2D eigenvalue weighted by molar-refractivity contribution is 0.0683. The zero-order chi connectivity index (χ0) is 16.5. The fourth-order valence-electron chi connectivity index (χ4n) is 1.67. The van der Waals surface area contributed by atoms with Crippen LogP contribution in [0.15, 0.2) is 9.52 Å². The third kappa shape index (κ3) is 7.96. The van der Waals surface area contributed by atoms with E-state index in [-0.39, 0.29) is 30.1 Å². The van der Waals surface area contributed by atoms with Gasteiger partial charge in [-0.2, -0.15) is 4.98 Å². The molecular formula is C15H30IN5O2. The van der Waals surface area contributed by atoms with Crippen LogP contribution in [0.3, 0.4) is 0 Å². The molecule has 0 radical (unpaired) electrons. The van der Waals surface area contributed by atoms with Gasteiger partial charge in [-0.3, -0.25) is 0 Å². The average Bonchev–Trinajstić information content (AvgIpc) is 2.94. The van der Waals surface area contributed by atoms with E-state index in [4.69, 9.17) is 9.26 Å². The second kappa shape index (κ2) is 11.6. The molecule has 1 aromatic rings. The van der Waals surface area contributed by atoms with Crippen LogP contribution < -0.4 is 10.6 Å². The topological polar surface area (TPSA) is 84.6 Å². The van der Waals surface area contributed by atoms with Crippen molar-refractivity contribution >= 4 is 29.9 Å². The Morgan fingerprint density at radius 2 is 1.96 bits per heavy atom. The Morgan fingerprint density at radius 3 is 2.52 bits per heavy atom. The van der Waals surface area contributed by atoms with Crippen molar-refractivity contribution in [3.8, 4) is 0 Å². The molecular weight excluding hydrogens is 409 g/mol. The molecule has 2 unspecified atom stereocenters. The Hall–Kier alpha value is -0.900. The van der Waals surface area contributed by atoms with Crippen molar-refractivity contribution in [3.05, 3.63) is 11.7 Å². The molecule has 0 aliphatic rings. The fraction of sp³-hybridized carbons (Fsp3) is 0.800. The van der Waals surface area contributed by atoms with E-state index in [1.165, 1.54) is 0 Å². The maximum atomic E-state index is 5.44. The number of ether oxygens (including phenoxy) is 1. The molecule has 0 saturated carbocycles. The van der Waals surface area contributed by atoms with Gasteiger partial charge >= 0.3 is 0 Å². The van der Waals surface area contributed by atoms with Gasteiger partial charge in [0.2, 0.25) is 5.89 Å². The number of rotatable bonds is 8. The summed E-state index contributed by atoms with van der Waals surface area (Å²) in [4.78, 5) is 8.79. The first-order valence-corrected chi connectivity index (χ1v) is 7.96. The molecule has 23 heavy (non-hydrogen) atoms. The van der Waals surface area contributed by atoms with Gasteiger partial charge in [-0.15, -0.1) is 24.0 Å². The monoisotopic (exact) mass is 439 g/mol. The zero-order valence-corrected chi connectivity index (χ0v) is 17.3. The number of nitrogens with one attached hydrogen (secondary N) is 2. The third-order valence-electron chi connectivity index (χ3n) is 3.35. The highest BCUT2D eigenvalue weighted by Gasteiger charge is 2.14. The molecule has 8 heteroatoms. The van der Waals surface area contributed by atoms with Gasteiger partial charge in [-0.05, 0) is 33.6 Å². The SMILES string of the molecule is CCNC(=NCc1nc(C(C)OCC)no1)NC(C)C(C)C.I. The first-order valence-electron chi connectivity index (χ1n) is 7.96. The minimum atomic E-state index is -0.168. The lowest BCUT2D eigenvalue weighted by Crippen LogP contribution is -2.44. The van der Waals surface area contributed by atoms with Crippen molar-refractivity contribution in [3.63, 3.8) is 0 Å². The van der Waals surface area contributed by atoms with E-state index in [0.717, 1.165) is 12.5 Å². The first-order chi connectivity index (χ1) is 10.5. The highest BCUT2D eigenvalue weighted by molar-refractivity contribution is 14.0. The van der Waals surface area contributed by atoms with Gasteiger partial charge in [-0.1, -0.05) is 19.0 Å². The highest BCUT2D eigenvalue weighted by Crippen LogP contribution is 2.12. The van der Waals surface area contributed by atoms with Gasteiger partial charge < -0.3 is 19.9 Å². The number of aliphatic imine (C=N–C) groups is 1. The summed E-state index contributed by atoms with van der Waals surface area (Å²) in [7, 11) is 0. The highest BCUT2D eigenvalue weighted by atomic mass is 127. The quantitative estimate of drug-likeness (QED) is 0.368. The zero-order valence-electron chi connectivity index (χ0n) is 14.9. The Labute approximate surface area is 156 Å². The van der Waals surface area contributed by atoms with Crippen molar-refractivity contribution in [2.24, 2.45) is 10.9 Å². The van der Waals surface area contributed by atoms with Gasteiger partial charge in [0.15, 0.2) is 11.8 Å². The van der Waals surface area contributed by atoms with E-state index in [0.29, 0.717) is 36.8 Å². The normalized spacial score (nSPS) is 14.3. The number of halogens is 1. The van der Waals surface area contributed by atoms with Crippen LogP contribution in [0.4, 0.5) is 0 Å². The molecule has 0 aromatic carbocycles. The molecule has 0 aliphatic heterocycles. The summed E-state index contributed by atoms with van der Waals surface area (Å²) < 4.78 is 10.6. The summed E-state index contributed by atoms with van der Waals surface area (Å²) in [6, 6.07) is 0.328. The van der Waals surface area contributed by atoms with Crippen LogP contribution in [0.25, 0.3) is 0 Å². The van der Waals surface area contributed by atoms with Crippen LogP contribution in [0.5, 0.6) is 0 Å². The van der Waals surface area contributed by atoms with Crippen LogP contribution >= 0.6 is 24.0 Å². The van der Waals surface area contributed by atoms with Crippen LogP contribution in [0.2, 0.25) is 0 Å². The summed E-state index contributed by atoms with van der Waals surface area (Å²) >= 11 is 0. The van der Waals surface area contributed by atoms with E-state index < -0.39 is 0 Å². The van der Waals surface area contributed by atoms with E-state index in [9.17, 15) is 0 Å². The number of aromatic nitrogens is 2. The molecule has 2 N–H and O–H groups in total. The molecule has 0 saturated heterocycles. The molecule has 0 spiro atoms. The summed E-state index contributed by atoms with van der Waals surface area (Å²) in [5.41, 5.74) is 0. The maximum Gasteiger partial charge on any atom is 0.248 e. The van der Waals surface area contributed by atoms with Crippen LogP contribution in [0.1, 0.15) is 59.4 Å². The van der Waals surface area contributed by atoms with Crippen molar-refractivity contribution in [1.29, 1.82) is 0 Å².